The van der Waals surface area contributed by atoms with Crippen molar-refractivity contribution in [3.8, 4) is 5.75 Å². The number of benzene rings is 2. The second-order valence-electron chi connectivity index (χ2n) is 5.59. The molecular weight excluding hydrogens is 355 g/mol. The highest BCUT2D eigenvalue weighted by molar-refractivity contribution is 6.05. The van der Waals surface area contributed by atoms with Crippen molar-refractivity contribution in [2.24, 2.45) is 0 Å². The molecule has 0 fully saturated rings. The number of aromatic amines is 1. The minimum atomic E-state index is -0.697. The van der Waals surface area contributed by atoms with Crippen molar-refractivity contribution in [1.29, 1.82) is 0 Å². The normalized spacial score (nSPS) is 10.4. The van der Waals surface area contributed by atoms with Gasteiger partial charge in [-0.1, -0.05) is 24.3 Å². The quantitative estimate of drug-likeness (QED) is 0.595. The van der Waals surface area contributed by atoms with Crippen molar-refractivity contribution in [2.75, 3.05) is 7.11 Å². The summed E-state index contributed by atoms with van der Waals surface area (Å²) in [7, 11) is 1.34. The van der Waals surface area contributed by atoms with Gasteiger partial charge in [-0.3, -0.25) is 25.2 Å². The predicted octanol–water partition coefficient (Wildman–Crippen LogP) is 1.07. The number of nitrogens with zero attached hydrogens (tertiary/aromatic N) is 1. The first-order valence-electron chi connectivity index (χ1n) is 7.88. The summed E-state index contributed by atoms with van der Waals surface area (Å²) in [5.41, 5.74) is 4.40. The minimum absolute atomic E-state index is 0.0407. The third-order valence-electron chi connectivity index (χ3n) is 3.81. The Kier molecular flexibility index (Phi) is 5.11. The van der Waals surface area contributed by atoms with Crippen LogP contribution in [0.2, 0.25) is 0 Å². The van der Waals surface area contributed by atoms with E-state index in [0.29, 0.717) is 16.3 Å². The van der Waals surface area contributed by atoms with E-state index in [4.69, 9.17) is 4.74 Å². The summed E-state index contributed by atoms with van der Waals surface area (Å²) in [4.78, 5) is 36.0. The molecule has 1 aromatic heterocycles. The molecule has 0 atom stereocenters. The average molecular weight is 370 g/mol. The maximum atomic E-state index is 13.7. The smallest absolute Gasteiger partial charge is 0.290 e. The van der Waals surface area contributed by atoms with Gasteiger partial charge in [-0.15, -0.1) is 0 Å². The molecule has 8 nitrogen and oxygen atoms in total. The van der Waals surface area contributed by atoms with Gasteiger partial charge in [0.25, 0.3) is 11.5 Å². The Morgan fingerprint density at radius 3 is 2.59 bits per heavy atom. The number of carbonyl (C=O) groups excluding carboxylic acids is 2. The number of H-pyrrole nitrogens is 1. The van der Waals surface area contributed by atoms with Gasteiger partial charge in [-0.05, 0) is 23.8 Å². The summed E-state index contributed by atoms with van der Waals surface area (Å²) >= 11 is 0. The van der Waals surface area contributed by atoms with E-state index in [1.807, 2.05) is 0 Å². The summed E-state index contributed by atoms with van der Waals surface area (Å²) in [5, 5.41) is 6.63. The zero-order valence-corrected chi connectivity index (χ0v) is 14.2. The minimum Gasteiger partial charge on any atom is -0.494 e. The van der Waals surface area contributed by atoms with Gasteiger partial charge >= 0.3 is 0 Å². The molecular formula is C18H15FN4O4. The number of methoxy groups -OCH3 is 1. The molecule has 3 N–H and O–H groups in total. The maximum Gasteiger partial charge on any atom is 0.290 e. The summed E-state index contributed by atoms with van der Waals surface area (Å²) in [5.74, 6) is -1.77. The molecule has 138 valence electrons. The number of nitrogens with one attached hydrogen (secondary N) is 3. The largest absolute Gasteiger partial charge is 0.494 e. The van der Waals surface area contributed by atoms with Crippen LogP contribution < -0.4 is 21.1 Å². The summed E-state index contributed by atoms with van der Waals surface area (Å²) in [6, 6.07) is 10.6. The topological polar surface area (TPSA) is 113 Å². The number of ether oxygens (including phenoxy) is 1. The zero-order valence-electron chi connectivity index (χ0n) is 14.2. The van der Waals surface area contributed by atoms with Gasteiger partial charge in [-0.25, -0.2) is 9.49 Å². The summed E-state index contributed by atoms with van der Waals surface area (Å²) in [6.45, 7) is 0. The van der Waals surface area contributed by atoms with E-state index in [1.165, 1.54) is 19.2 Å². The lowest BCUT2D eigenvalue weighted by atomic mass is 10.1. The number of halogens is 1. The van der Waals surface area contributed by atoms with Crippen molar-refractivity contribution < 1.29 is 18.7 Å². The first kappa shape index (κ1) is 18.1. The Morgan fingerprint density at radius 1 is 1.15 bits per heavy atom. The van der Waals surface area contributed by atoms with Crippen molar-refractivity contribution in [2.45, 2.75) is 6.42 Å². The van der Waals surface area contributed by atoms with Gasteiger partial charge in [0, 0.05) is 5.39 Å². The van der Waals surface area contributed by atoms with Gasteiger partial charge in [0.05, 0.1) is 18.9 Å². The van der Waals surface area contributed by atoms with Crippen molar-refractivity contribution in [3.63, 3.8) is 0 Å². The summed E-state index contributed by atoms with van der Waals surface area (Å²) < 4.78 is 18.5. The number of aromatic nitrogens is 2. The van der Waals surface area contributed by atoms with E-state index >= 15 is 0 Å². The average Bonchev–Trinajstić information content (AvgIpc) is 2.67. The molecule has 27 heavy (non-hydrogen) atoms. The molecule has 0 radical (unpaired) electrons. The van der Waals surface area contributed by atoms with Crippen LogP contribution in [-0.2, 0) is 11.2 Å². The van der Waals surface area contributed by atoms with Crippen LogP contribution >= 0.6 is 0 Å². The highest BCUT2D eigenvalue weighted by atomic mass is 19.1. The molecule has 3 rings (SSSR count). The van der Waals surface area contributed by atoms with Crippen LogP contribution in [0.25, 0.3) is 10.8 Å². The van der Waals surface area contributed by atoms with Crippen LogP contribution in [0.4, 0.5) is 4.39 Å². The number of hydrogen-bond donors (Lipinski definition) is 3. The lowest BCUT2D eigenvalue weighted by Gasteiger charge is -2.09. The number of amides is 2. The highest BCUT2D eigenvalue weighted by Crippen LogP contribution is 2.18. The predicted molar refractivity (Wildman–Crippen MR) is 94.6 cm³/mol. The molecule has 9 heteroatoms. The summed E-state index contributed by atoms with van der Waals surface area (Å²) in [6.07, 6.45) is -0.152. The molecule has 0 unspecified atom stereocenters. The fourth-order valence-corrected chi connectivity index (χ4v) is 2.52. The SMILES string of the molecule is COc1ccc(CC(=O)NNC(=O)c2n[nH]c(=O)c3ccccc23)cc1F. The molecule has 0 saturated heterocycles. The first-order chi connectivity index (χ1) is 13.0. The Bertz CT molecular complexity index is 1080. The molecule has 0 aliphatic rings. The molecule has 0 aliphatic carbocycles. The number of hydrazine groups is 1. The van der Waals surface area contributed by atoms with Gasteiger partial charge < -0.3 is 4.74 Å². The van der Waals surface area contributed by atoms with Crippen LogP contribution in [0.1, 0.15) is 16.1 Å². The van der Waals surface area contributed by atoms with Gasteiger partial charge in [0.2, 0.25) is 5.91 Å². The van der Waals surface area contributed by atoms with E-state index in [0.717, 1.165) is 0 Å². The van der Waals surface area contributed by atoms with Crippen LogP contribution in [0.15, 0.2) is 47.3 Å². The van der Waals surface area contributed by atoms with Crippen LogP contribution in [0, 0.1) is 5.82 Å². The molecule has 2 aromatic carbocycles. The Morgan fingerprint density at radius 2 is 1.89 bits per heavy atom. The second kappa shape index (κ2) is 7.65. The number of fused-ring (bicyclic) bond motifs is 1. The highest BCUT2D eigenvalue weighted by Gasteiger charge is 2.15. The van der Waals surface area contributed by atoms with Crippen molar-refractivity contribution >= 4 is 22.6 Å². The second-order valence-corrected chi connectivity index (χ2v) is 5.59. The van der Waals surface area contributed by atoms with E-state index in [1.54, 1.807) is 30.3 Å². The van der Waals surface area contributed by atoms with Gasteiger partial charge in [-0.2, -0.15) is 5.10 Å². The molecule has 3 aromatic rings. The molecule has 0 spiro atoms. The lowest BCUT2D eigenvalue weighted by Crippen LogP contribution is -2.43. The van der Waals surface area contributed by atoms with Gasteiger partial charge in [0.1, 0.15) is 0 Å². The first-order valence-corrected chi connectivity index (χ1v) is 7.88. The fourth-order valence-electron chi connectivity index (χ4n) is 2.52. The van der Waals surface area contributed by atoms with E-state index in [9.17, 15) is 18.8 Å². The molecule has 1 heterocycles. The molecule has 0 bridgehead atoms. The van der Waals surface area contributed by atoms with Crippen LogP contribution in [0.5, 0.6) is 5.75 Å². The third-order valence-corrected chi connectivity index (χ3v) is 3.81. The molecule has 0 saturated carbocycles. The van der Waals surface area contributed by atoms with Crippen LogP contribution in [0.3, 0.4) is 0 Å². The molecule has 2 amide bonds. The monoisotopic (exact) mass is 370 g/mol. The van der Waals surface area contributed by atoms with Crippen molar-refractivity contribution in [3.05, 3.63) is 69.9 Å². The Balaban J connectivity index is 1.67. The fraction of sp³-hybridized carbons (Fsp3) is 0.111. The maximum absolute atomic E-state index is 13.7. The van der Waals surface area contributed by atoms with Crippen LogP contribution in [-0.4, -0.2) is 29.1 Å². The number of carbonyl (C=O) groups is 2. The molecule has 0 aliphatic heterocycles. The van der Waals surface area contributed by atoms with E-state index in [2.05, 4.69) is 21.0 Å². The number of rotatable bonds is 4. The zero-order chi connectivity index (χ0) is 19.4. The Hall–Kier alpha value is -3.75. The van der Waals surface area contributed by atoms with Crippen molar-refractivity contribution in [1.82, 2.24) is 21.0 Å². The van der Waals surface area contributed by atoms with Gasteiger partial charge in [0.15, 0.2) is 17.3 Å². The number of hydrogen-bond acceptors (Lipinski definition) is 5. The lowest BCUT2D eigenvalue weighted by molar-refractivity contribution is -0.121. The standard InChI is InChI=1S/C18H15FN4O4/c1-27-14-7-6-10(8-13(14)19)9-15(24)20-23-18(26)16-11-4-2-3-5-12(11)17(25)22-21-16/h2-8H,9H2,1H3,(H,20,24)(H,22,25)(H,23,26). The van der Waals surface area contributed by atoms with E-state index in [-0.39, 0.29) is 17.9 Å². The Labute approximate surface area is 152 Å². The third kappa shape index (κ3) is 3.92. The van der Waals surface area contributed by atoms with E-state index < -0.39 is 23.2 Å².